The van der Waals surface area contributed by atoms with E-state index in [1.54, 1.807) is 18.6 Å². The Kier molecular flexibility index (Phi) is 3.97. The number of aromatic nitrogens is 3. The number of methoxy groups -OCH3 is 1. The van der Waals surface area contributed by atoms with Crippen LogP contribution in [0.5, 0.6) is 11.8 Å². The monoisotopic (exact) mass is 338 g/mol. The van der Waals surface area contributed by atoms with Crippen molar-refractivity contribution in [2.24, 2.45) is 0 Å². The Bertz CT molecular complexity index is 908. The molecule has 1 aliphatic rings. The van der Waals surface area contributed by atoms with E-state index < -0.39 is 0 Å². The van der Waals surface area contributed by atoms with Crippen molar-refractivity contribution in [1.29, 1.82) is 0 Å². The van der Waals surface area contributed by atoms with Crippen LogP contribution in [0.15, 0.2) is 42.9 Å². The molecule has 1 aromatic carbocycles. The van der Waals surface area contributed by atoms with Gasteiger partial charge in [0.05, 0.1) is 19.2 Å². The summed E-state index contributed by atoms with van der Waals surface area (Å²) in [4.78, 5) is 26.0. The summed E-state index contributed by atoms with van der Waals surface area (Å²) in [6, 6.07) is 7.79. The molecule has 1 fully saturated rings. The number of hydrogen-bond donors (Lipinski definition) is 1. The highest BCUT2D eigenvalue weighted by molar-refractivity contribution is 6.06. The normalized spacial score (nSPS) is 17.0. The first-order valence-corrected chi connectivity index (χ1v) is 8.13. The van der Waals surface area contributed by atoms with Gasteiger partial charge in [-0.05, 0) is 6.07 Å². The largest absolute Gasteiger partial charge is 0.477 e. The van der Waals surface area contributed by atoms with Crippen molar-refractivity contribution in [3.8, 4) is 11.8 Å². The number of carbonyl (C=O) groups excluding carboxylic acids is 1. The molecule has 3 heterocycles. The molecule has 0 aliphatic carbocycles. The molecule has 0 radical (unpaired) electrons. The van der Waals surface area contributed by atoms with Gasteiger partial charge in [0.15, 0.2) is 0 Å². The molecule has 0 bridgehead atoms. The fraction of sp³-hybridized carbons (Fsp3) is 0.278. The Balaban J connectivity index is 1.48. The molecule has 4 rings (SSSR count). The number of H-pyrrole nitrogens is 1. The summed E-state index contributed by atoms with van der Waals surface area (Å²) >= 11 is 0. The maximum absolute atomic E-state index is 12.8. The third-order valence-corrected chi connectivity index (χ3v) is 4.36. The number of carbonyl (C=O) groups is 1. The summed E-state index contributed by atoms with van der Waals surface area (Å²) in [5.41, 5.74) is 1.65. The average Bonchev–Trinajstić information content (AvgIpc) is 3.28. The second-order valence-corrected chi connectivity index (χ2v) is 5.90. The van der Waals surface area contributed by atoms with Gasteiger partial charge in [0, 0.05) is 42.5 Å². The number of rotatable bonds is 4. The fourth-order valence-corrected chi connectivity index (χ4v) is 3.12. The van der Waals surface area contributed by atoms with E-state index in [1.807, 2.05) is 29.2 Å². The fourth-order valence-electron chi connectivity index (χ4n) is 3.12. The van der Waals surface area contributed by atoms with Crippen LogP contribution < -0.4 is 9.47 Å². The van der Waals surface area contributed by atoms with Crippen LogP contribution in [0.3, 0.4) is 0 Å². The molecule has 3 aromatic rings. The Morgan fingerprint density at radius 1 is 1.24 bits per heavy atom. The van der Waals surface area contributed by atoms with E-state index in [0.717, 1.165) is 17.3 Å². The number of aromatic amines is 1. The first kappa shape index (κ1) is 15.4. The average molecular weight is 338 g/mol. The first-order chi connectivity index (χ1) is 12.3. The summed E-state index contributed by atoms with van der Waals surface area (Å²) in [6.07, 6.45) is 5.50. The molecule has 1 saturated heterocycles. The highest BCUT2D eigenvalue weighted by Gasteiger charge is 2.30. The Morgan fingerprint density at radius 2 is 2.04 bits per heavy atom. The molecule has 0 saturated carbocycles. The standard InChI is InChI=1S/C18H18N4O3/c1-24-16-17(20-8-7-19-16)25-12-6-9-22(11-12)18(23)14-10-21-15-5-3-2-4-13(14)15/h2-5,7-8,10,12,21H,6,9,11H2,1H3. The molecule has 1 aliphatic heterocycles. The van der Waals surface area contributed by atoms with E-state index >= 15 is 0 Å². The number of hydrogen-bond acceptors (Lipinski definition) is 5. The predicted octanol–water partition coefficient (Wildman–Crippen LogP) is 2.26. The van der Waals surface area contributed by atoms with Gasteiger partial charge in [-0.25, -0.2) is 9.97 Å². The van der Waals surface area contributed by atoms with Crippen LogP contribution in [-0.2, 0) is 0 Å². The van der Waals surface area contributed by atoms with E-state index in [4.69, 9.17) is 9.47 Å². The summed E-state index contributed by atoms with van der Waals surface area (Å²) in [7, 11) is 1.53. The SMILES string of the molecule is COc1nccnc1OC1CCN(C(=O)c2c[nH]c3ccccc23)C1. The van der Waals surface area contributed by atoms with E-state index in [-0.39, 0.29) is 12.0 Å². The van der Waals surface area contributed by atoms with Gasteiger partial charge in [-0.15, -0.1) is 0 Å². The molecule has 7 heteroatoms. The molecule has 128 valence electrons. The van der Waals surface area contributed by atoms with Crippen molar-refractivity contribution in [3.63, 3.8) is 0 Å². The highest BCUT2D eigenvalue weighted by atomic mass is 16.5. The zero-order valence-electron chi connectivity index (χ0n) is 13.8. The maximum Gasteiger partial charge on any atom is 0.278 e. The van der Waals surface area contributed by atoms with Crippen LogP contribution in [0.2, 0.25) is 0 Å². The van der Waals surface area contributed by atoms with Gasteiger partial charge in [0.1, 0.15) is 6.10 Å². The van der Waals surface area contributed by atoms with E-state index in [0.29, 0.717) is 30.4 Å². The minimum atomic E-state index is -0.125. The van der Waals surface area contributed by atoms with Crippen molar-refractivity contribution in [2.75, 3.05) is 20.2 Å². The number of nitrogens with zero attached hydrogens (tertiary/aromatic N) is 3. The number of amides is 1. The van der Waals surface area contributed by atoms with E-state index in [9.17, 15) is 4.79 Å². The van der Waals surface area contributed by atoms with Gasteiger partial charge >= 0.3 is 0 Å². The number of ether oxygens (including phenoxy) is 2. The van der Waals surface area contributed by atoms with Crippen LogP contribution in [0.1, 0.15) is 16.8 Å². The minimum Gasteiger partial charge on any atom is -0.477 e. The molecule has 1 amide bonds. The number of benzene rings is 1. The zero-order valence-corrected chi connectivity index (χ0v) is 13.8. The zero-order chi connectivity index (χ0) is 17.2. The van der Waals surface area contributed by atoms with Gasteiger partial charge in [0.2, 0.25) is 0 Å². The maximum atomic E-state index is 12.8. The summed E-state index contributed by atoms with van der Waals surface area (Å²) in [5, 5.41) is 0.937. The van der Waals surface area contributed by atoms with Crippen molar-refractivity contribution in [1.82, 2.24) is 19.9 Å². The number of nitrogens with one attached hydrogen (secondary N) is 1. The van der Waals surface area contributed by atoms with Crippen LogP contribution in [0.25, 0.3) is 10.9 Å². The molecule has 0 spiro atoms. The first-order valence-electron chi connectivity index (χ1n) is 8.13. The molecule has 1 unspecified atom stereocenters. The van der Waals surface area contributed by atoms with Gasteiger partial charge in [-0.2, -0.15) is 0 Å². The molecular formula is C18H18N4O3. The third-order valence-electron chi connectivity index (χ3n) is 4.36. The van der Waals surface area contributed by atoms with Gasteiger partial charge in [-0.1, -0.05) is 18.2 Å². The lowest BCUT2D eigenvalue weighted by Crippen LogP contribution is -2.31. The predicted molar refractivity (Wildman–Crippen MR) is 91.8 cm³/mol. The Morgan fingerprint density at radius 3 is 2.88 bits per heavy atom. The lowest BCUT2D eigenvalue weighted by molar-refractivity contribution is 0.0772. The topological polar surface area (TPSA) is 80.3 Å². The lowest BCUT2D eigenvalue weighted by Gasteiger charge is -2.17. The quantitative estimate of drug-likeness (QED) is 0.789. The molecule has 25 heavy (non-hydrogen) atoms. The van der Waals surface area contributed by atoms with Crippen molar-refractivity contribution >= 4 is 16.8 Å². The molecule has 1 N–H and O–H groups in total. The molecule has 7 nitrogen and oxygen atoms in total. The van der Waals surface area contributed by atoms with Crippen LogP contribution in [-0.4, -0.2) is 52.1 Å². The minimum absolute atomic E-state index is 0.00895. The summed E-state index contributed by atoms with van der Waals surface area (Å²) in [5.74, 6) is 0.718. The van der Waals surface area contributed by atoms with Crippen molar-refractivity contribution < 1.29 is 14.3 Å². The smallest absolute Gasteiger partial charge is 0.278 e. The van der Waals surface area contributed by atoms with Crippen molar-refractivity contribution in [3.05, 3.63) is 48.4 Å². The highest BCUT2D eigenvalue weighted by Crippen LogP contribution is 2.26. The van der Waals surface area contributed by atoms with E-state index in [2.05, 4.69) is 15.0 Å². The van der Waals surface area contributed by atoms with Crippen molar-refractivity contribution in [2.45, 2.75) is 12.5 Å². The van der Waals surface area contributed by atoms with Crippen LogP contribution >= 0.6 is 0 Å². The second kappa shape index (κ2) is 6.43. The number of likely N-dealkylation sites (tertiary alicyclic amines) is 1. The summed E-state index contributed by atoms with van der Waals surface area (Å²) in [6.45, 7) is 1.16. The lowest BCUT2D eigenvalue weighted by atomic mass is 10.1. The molecule has 2 aromatic heterocycles. The second-order valence-electron chi connectivity index (χ2n) is 5.90. The summed E-state index contributed by atoms with van der Waals surface area (Å²) < 4.78 is 11.0. The number of fused-ring (bicyclic) bond motifs is 1. The van der Waals surface area contributed by atoms with Gasteiger partial charge in [-0.3, -0.25) is 4.79 Å². The van der Waals surface area contributed by atoms with Gasteiger partial charge < -0.3 is 19.4 Å². The third kappa shape index (κ3) is 2.88. The van der Waals surface area contributed by atoms with Crippen LogP contribution in [0.4, 0.5) is 0 Å². The van der Waals surface area contributed by atoms with Crippen LogP contribution in [0, 0.1) is 0 Å². The Hall–Kier alpha value is -3.09. The Labute approximate surface area is 144 Å². The van der Waals surface area contributed by atoms with Gasteiger partial charge in [0.25, 0.3) is 17.7 Å². The van der Waals surface area contributed by atoms with E-state index in [1.165, 1.54) is 7.11 Å². The number of para-hydroxylation sites is 1. The molecular weight excluding hydrogens is 320 g/mol. The molecule has 1 atom stereocenters.